The topological polar surface area (TPSA) is 25.8 Å². The molecule has 7 rings (SSSR count). The molecule has 0 fully saturated rings. The Hall–Kier alpha value is -4.43. The van der Waals surface area contributed by atoms with Crippen molar-refractivity contribution < 1.29 is 20.1 Å². The largest absolute Gasteiger partial charge is 0.305 e. The number of pyridine rings is 2. The van der Waals surface area contributed by atoms with Crippen molar-refractivity contribution >= 4 is 21.5 Å². The molecule has 45 heavy (non-hydrogen) atoms. The van der Waals surface area contributed by atoms with Gasteiger partial charge in [0.15, 0.2) is 0 Å². The maximum absolute atomic E-state index is 4.82. The molecule has 0 N–H and O–H groups in total. The summed E-state index contributed by atoms with van der Waals surface area (Å²) >= 11 is 0. The molecule has 0 atom stereocenters. The van der Waals surface area contributed by atoms with Crippen LogP contribution in [0.4, 0.5) is 0 Å². The second kappa shape index (κ2) is 14.6. The number of aromatic nitrogens is 2. The van der Waals surface area contributed by atoms with Crippen molar-refractivity contribution in [2.75, 3.05) is 0 Å². The molecule has 0 saturated carbocycles. The fourth-order valence-corrected chi connectivity index (χ4v) is 5.48. The summed E-state index contributed by atoms with van der Waals surface area (Å²) in [5.74, 6) is 0.896. The Bertz CT molecular complexity index is 1940. The van der Waals surface area contributed by atoms with Gasteiger partial charge in [-0.3, -0.25) is 0 Å². The van der Waals surface area contributed by atoms with Crippen LogP contribution in [0.25, 0.3) is 55.2 Å². The van der Waals surface area contributed by atoms with Crippen LogP contribution in [0, 0.1) is 12.1 Å². The van der Waals surface area contributed by atoms with E-state index in [-0.39, 0.29) is 20.1 Å². The van der Waals surface area contributed by atoms with Gasteiger partial charge in [-0.15, -0.1) is 70.8 Å². The summed E-state index contributed by atoms with van der Waals surface area (Å²) in [5, 5.41) is 4.93. The summed E-state index contributed by atoms with van der Waals surface area (Å²) in [4.78, 5) is 9.04. The van der Waals surface area contributed by atoms with Crippen LogP contribution in [0.15, 0.2) is 134 Å². The molecule has 0 aliphatic rings. The second-order valence-electron chi connectivity index (χ2n) is 11.7. The smallest absolute Gasteiger partial charge is 0.0167 e. The number of benzene rings is 5. The van der Waals surface area contributed by atoms with Crippen molar-refractivity contribution in [1.29, 1.82) is 0 Å². The predicted octanol–water partition coefficient (Wildman–Crippen LogP) is 11.3. The van der Waals surface area contributed by atoms with Crippen molar-refractivity contribution in [2.24, 2.45) is 0 Å². The average molecular weight is 761 g/mol. The summed E-state index contributed by atoms with van der Waals surface area (Å²) in [5.41, 5.74) is 9.19. The van der Waals surface area contributed by atoms with Crippen LogP contribution in [-0.4, -0.2) is 9.97 Å². The quantitative estimate of drug-likeness (QED) is 0.129. The zero-order chi connectivity index (χ0) is 30.5. The van der Waals surface area contributed by atoms with E-state index >= 15 is 0 Å². The molecule has 0 spiro atoms. The minimum Gasteiger partial charge on any atom is -0.305 e. The molecule has 5 aromatic carbocycles. The van der Waals surface area contributed by atoms with E-state index in [4.69, 9.17) is 4.98 Å². The zero-order valence-corrected chi connectivity index (χ0v) is 28.5. The van der Waals surface area contributed by atoms with Gasteiger partial charge in [0.2, 0.25) is 0 Å². The van der Waals surface area contributed by atoms with Crippen LogP contribution in [0.2, 0.25) is 0 Å². The molecular formula is C42H36IrN2-2. The number of fused-ring (bicyclic) bond motifs is 3. The van der Waals surface area contributed by atoms with Crippen LogP contribution >= 0.6 is 0 Å². The molecule has 225 valence electrons. The molecule has 2 nitrogen and oxygen atoms in total. The Morgan fingerprint density at radius 2 is 1.33 bits per heavy atom. The van der Waals surface area contributed by atoms with E-state index in [0.29, 0.717) is 11.8 Å². The zero-order valence-electron chi connectivity index (χ0n) is 26.1. The van der Waals surface area contributed by atoms with Gasteiger partial charge < -0.3 is 9.97 Å². The van der Waals surface area contributed by atoms with Crippen LogP contribution < -0.4 is 0 Å². The minimum absolute atomic E-state index is 0. The van der Waals surface area contributed by atoms with E-state index in [1.807, 2.05) is 48.7 Å². The van der Waals surface area contributed by atoms with Gasteiger partial charge in [-0.05, 0) is 74.1 Å². The molecule has 0 aliphatic carbocycles. The maximum Gasteiger partial charge on any atom is 0.0167 e. The van der Waals surface area contributed by atoms with Crippen molar-refractivity contribution in [3.63, 3.8) is 0 Å². The predicted molar refractivity (Wildman–Crippen MR) is 186 cm³/mol. The normalized spacial score (nSPS) is 10.9. The third-order valence-electron chi connectivity index (χ3n) is 7.97. The Kier molecular flexibility index (Phi) is 10.4. The Morgan fingerprint density at radius 1 is 0.556 bits per heavy atom. The molecule has 2 heterocycles. The standard InChI is InChI=1S/C31H28N.C11H8N.Ir/c1-20(2)25-17-26(21(3)4)19-27(18-25)31-30-13-11-24-16-23(22-8-6-5-7-9-22)10-12-28(24)29(30)14-15-32-31;1-2-6-10(7-3-1)11-8-4-5-9-12-11;/h5-18,20-21H,1-4H3;1-6,8-9H;/q2*-1;. The van der Waals surface area contributed by atoms with Gasteiger partial charge in [0.05, 0.1) is 0 Å². The average Bonchev–Trinajstić information content (AvgIpc) is 3.09. The SMILES string of the molecule is CC(C)c1[c-]c(-c2nccc3c2ccc2cc(-c4ccccc4)ccc23)cc(C(C)C)c1.[Ir].[c-]1ccccc1-c1ccccn1. The molecule has 0 amide bonds. The van der Waals surface area contributed by atoms with Gasteiger partial charge in [0.25, 0.3) is 0 Å². The van der Waals surface area contributed by atoms with Crippen LogP contribution in [0.3, 0.4) is 0 Å². The van der Waals surface area contributed by atoms with Crippen LogP contribution in [0.5, 0.6) is 0 Å². The van der Waals surface area contributed by atoms with Crippen LogP contribution in [0.1, 0.15) is 50.7 Å². The Labute approximate surface area is 280 Å². The molecule has 3 heteroatoms. The maximum atomic E-state index is 4.82. The third-order valence-corrected chi connectivity index (χ3v) is 7.97. The molecule has 0 saturated heterocycles. The molecule has 1 radical (unpaired) electrons. The third kappa shape index (κ3) is 7.28. The van der Waals surface area contributed by atoms with E-state index in [1.54, 1.807) is 6.20 Å². The minimum atomic E-state index is 0. The molecule has 7 aromatic rings. The van der Waals surface area contributed by atoms with E-state index in [0.717, 1.165) is 22.5 Å². The Balaban J connectivity index is 0.000000258. The van der Waals surface area contributed by atoms with E-state index in [9.17, 15) is 0 Å². The van der Waals surface area contributed by atoms with Gasteiger partial charge in [-0.2, -0.15) is 0 Å². The fraction of sp³-hybridized carbons (Fsp3) is 0.143. The monoisotopic (exact) mass is 761 g/mol. The first kappa shape index (κ1) is 32.0. The van der Waals surface area contributed by atoms with Crippen molar-refractivity contribution in [3.8, 4) is 33.6 Å². The van der Waals surface area contributed by atoms with Gasteiger partial charge in [-0.25, -0.2) is 0 Å². The first-order chi connectivity index (χ1) is 21.5. The number of hydrogen-bond donors (Lipinski definition) is 0. The fourth-order valence-electron chi connectivity index (χ4n) is 5.48. The number of nitrogens with zero attached hydrogens (tertiary/aromatic N) is 2. The second-order valence-corrected chi connectivity index (χ2v) is 11.7. The van der Waals surface area contributed by atoms with Gasteiger partial charge in [-0.1, -0.05) is 94.4 Å². The molecule has 0 bridgehead atoms. The van der Waals surface area contributed by atoms with Gasteiger partial charge in [0.1, 0.15) is 0 Å². The van der Waals surface area contributed by atoms with Crippen molar-refractivity contribution in [1.82, 2.24) is 9.97 Å². The first-order valence-corrected chi connectivity index (χ1v) is 15.3. The van der Waals surface area contributed by atoms with Gasteiger partial charge >= 0.3 is 0 Å². The Morgan fingerprint density at radius 3 is 2.04 bits per heavy atom. The molecular weight excluding hydrogens is 725 g/mol. The van der Waals surface area contributed by atoms with Crippen LogP contribution in [-0.2, 0) is 20.1 Å². The molecule has 2 aromatic heterocycles. The summed E-state index contributed by atoms with van der Waals surface area (Å²) in [6.45, 7) is 8.96. The van der Waals surface area contributed by atoms with E-state index < -0.39 is 0 Å². The van der Waals surface area contributed by atoms with Crippen molar-refractivity contribution in [2.45, 2.75) is 39.5 Å². The molecule has 0 aliphatic heterocycles. The molecule has 0 unspecified atom stereocenters. The van der Waals surface area contributed by atoms with Crippen molar-refractivity contribution in [3.05, 3.63) is 157 Å². The summed E-state index contributed by atoms with van der Waals surface area (Å²) in [6.07, 6.45) is 3.73. The summed E-state index contributed by atoms with van der Waals surface area (Å²) in [6, 6.07) is 48.9. The van der Waals surface area contributed by atoms with E-state index in [1.165, 1.54) is 43.8 Å². The van der Waals surface area contributed by atoms with Gasteiger partial charge in [0, 0.05) is 32.5 Å². The number of hydrogen-bond acceptors (Lipinski definition) is 2. The summed E-state index contributed by atoms with van der Waals surface area (Å²) < 4.78 is 0. The van der Waals surface area contributed by atoms with E-state index in [2.05, 4.69) is 124 Å². The first-order valence-electron chi connectivity index (χ1n) is 15.3. The number of rotatable bonds is 5. The summed E-state index contributed by atoms with van der Waals surface area (Å²) in [7, 11) is 0.